The number of amides is 1. The molecule has 0 aliphatic rings. The summed E-state index contributed by atoms with van der Waals surface area (Å²) in [5.74, 6) is -1.33. The van der Waals surface area contributed by atoms with Crippen molar-refractivity contribution in [1.29, 1.82) is 0 Å². The van der Waals surface area contributed by atoms with Crippen molar-refractivity contribution >= 4 is 22.8 Å². The van der Waals surface area contributed by atoms with Gasteiger partial charge in [-0.25, -0.2) is 0 Å². The molecule has 0 saturated carbocycles. The summed E-state index contributed by atoms with van der Waals surface area (Å²) in [6.45, 7) is 3.44. The first-order valence-corrected chi connectivity index (χ1v) is 6.07. The van der Waals surface area contributed by atoms with Crippen molar-refractivity contribution in [2.75, 3.05) is 0 Å². The molecule has 0 radical (unpaired) electrons. The van der Waals surface area contributed by atoms with Gasteiger partial charge in [0.25, 0.3) is 0 Å². The topological polar surface area (TPSA) is 82.2 Å². The van der Waals surface area contributed by atoms with Gasteiger partial charge in [-0.1, -0.05) is 18.2 Å². The van der Waals surface area contributed by atoms with Crippen molar-refractivity contribution in [3.63, 3.8) is 0 Å². The Hall–Kier alpha value is -2.30. The van der Waals surface area contributed by atoms with Crippen molar-refractivity contribution in [2.24, 2.45) is 0 Å². The number of carbonyl (C=O) groups is 2. The number of carboxylic acid groups (broad SMARTS) is 1. The van der Waals surface area contributed by atoms with Gasteiger partial charge in [-0.2, -0.15) is 0 Å². The fraction of sp³-hybridized carbons (Fsp3) is 0.286. The lowest BCUT2D eigenvalue weighted by molar-refractivity contribution is -0.141. The van der Waals surface area contributed by atoms with E-state index < -0.39 is 12.0 Å². The smallest absolute Gasteiger partial charge is 0.325 e. The van der Waals surface area contributed by atoms with Gasteiger partial charge >= 0.3 is 5.97 Å². The molecule has 1 amide bonds. The van der Waals surface area contributed by atoms with Gasteiger partial charge in [-0.05, 0) is 25.0 Å². The zero-order chi connectivity index (χ0) is 14.0. The molecule has 0 spiro atoms. The van der Waals surface area contributed by atoms with Crippen LogP contribution in [0, 0.1) is 6.92 Å². The SMILES string of the molecule is Cc1cccc2c(CC(=O)N[C@@H](C)C(=O)O)c[nH]c12. The molecule has 1 aromatic carbocycles. The third kappa shape index (κ3) is 2.76. The van der Waals surface area contributed by atoms with Crippen LogP contribution in [-0.2, 0) is 16.0 Å². The van der Waals surface area contributed by atoms with Gasteiger partial charge in [0.1, 0.15) is 6.04 Å². The molecule has 2 aromatic rings. The Kier molecular flexibility index (Phi) is 3.55. The number of H-pyrrole nitrogens is 1. The molecular weight excluding hydrogens is 244 g/mol. The Bertz CT molecular complexity index is 631. The highest BCUT2D eigenvalue weighted by atomic mass is 16.4. The molecule has 0 fully saturated rings. The van der Waals surface area contributed by atoms with Crippen molar-refractivity contribution < 1.29 is 14.7 Å². The highest BCUT2D eigenvalue weighted by molar-refractivity contribution is 5.91. The minimum Gasteiger partial charge on any atom is -0.480 e. The van der Waals surface area contributed by atoms with E-state index in [1.165, 1.54) is 6.92 Å². The number of aryl methyl sites for hydroxylation is 1. The first-order chi connectivity index (χ1) is 8.99. The maximum Gasteiger partial charge on any atom is 0.325 e. The average molecular weight is 260 g/mol. The normalized spacial score (nSPS) is 12.3. The molecule has 0 aliphatic heterocycles. The van der Waals surface area contributed by atoms with Crippen LogP contribution >= 0.6 is 0 Å². The Morgan fingerprint density at radius 2 is 2.16 bits per heavy atom. The Balaban J connectivity index is 2.16. The fourth-order valence-electron chi connectivity index (χ4n) is 2.04. The molecule has 0 aliphatic carbocycles. The molecular formula is C14H16N2O3. The lowest BCUT2D eigenvalue weighted by atomic mass is 10.1. The van der Waals surface area contributed by atoms with Crippen LogP contribution < -0.4 is 5.32 Å². The average Bonchev–Trinajstić information content (AvgIpc) is 2.73. The summed E-state index contributed by atoms with van der Waals surface area (Å²) in [6, 6.07) is 5.00. The summed E-state index contributed by atoms with van der Waals surface area (Å²) < 4.78 is 0. The molecule has 0 bridgehead atoms. The fourth-order valence-corrected chi connectivity index (χ4v) is 2.04. The first-order valence-electron chi connectivity index (χ1n) is 6.07. The number of rotatable bonds is 4. The summed E-state index contributed by atoms with van der Waals surface area (Å²) in [7, 11) is 0. The molecule has 3 N–H and O–H groups in total. The van der Waals surface area contributed by atoms with Crippen LogP contribution in [0.5, 0.6) is 0 Å². The highest BCUT2D eigenvalue weighted by Crippen LogP contribution is 2.21. The van der Waals surface area contributed by atoms with Crippen LogP contribution in [0.4, 0.5) is 0 Å². The molecule has 19 heavy (non-hydrogen) atoms. The zero-order valence-corrected chi connectivity index (χ0v) is 10.9. The summed E-state index contributed by atoms with van der Waals surface area (Å²) in [5, 5.41) is 12.2. The van der Waals surface area contributed by atoms with Crippen LogP contribution in [-0.4, -0.2) is 28.0 Å². The van der Waals surface area contributed by atoms with E-state index in [1.54, 1.807) is 6.20 Å². The van der Waals surface area contributed by atoms with E-state index in [1.807, 2.05) is 25.1 Å². The van der Waals surface area contributed by atoms with E-state index in [0.717, 1.165) is 22.0 Å². The number of nitrogens with one attached hydrogen (secondary N) is 2. The second kappa shape index (κ2) is 5.14. The van der Waals surface area contributed by atoms with Gasteiger partial charge in [0.2, 0.25) is 5.91 Å². The third-order valence-corrected chi connectivity index (χ3v) is 3.11. The Morgan fingerprint density at radius 1 is 1.42 bits per heavy atom. The standard InChI is InChI=1S/C14H16N2O3/c1-8-4-3-5-11-10(7-15-13(8)11)6-12(17)16-9(2)14(18)19/h3-5,7,9,15H,6H2,1-2H3,(H,16,17)(H,18,19)/t9-/m0/s1. The van der Waals surface area contributed by atoms with Gasteiger partial charge in [-0.3, -0.25) is 9.59 Å². The van der Waals surface area contributed by atoms with Crippen molar-refractivity contribution in [3.8, 4) is 0 Å². The summed E-state index contributed by atoms with van der Waals surface area (Å²) in [6.07, 6.45) is 1.96. The second-order valence-electron chi connectivity index (χ2n) is 4.62. The van der Waals surface area contributed by atoms with Gasteiger partial charge in [0.05, 0.1) is 6.42 Å². The number of para-hydroxylation sites is 1. The lowest BCUT2D eigenvalue weighted by Crippen LogP contribution is -2.39. The molecule has 1 atom stereocenters. The van der Waals surface area contributed by atoms with E-state index in [4.69, 9.17) is 5.11 Å². The number of benzene rings is 1. The maximum atomic E-state index is 11.8. The van der Waals surface area contributed by atoms with Crippen LogP contribution in [0.3, 0.4) is 0 Å². The number of carboxylic acids is 1. The number of aromatic nitrogens is 1. The quantitative estimate of drug-likeness (QED) is 0.781. The second-order valence-corrected chi connectivity index (χ2v) is 4.62. The molecule has 1 aromatic heterocycles. The summed E-state index contributed by atoms with van der Waals surface area (Å²) in [4.78, 5) is 25.6. The molecule has 0 unspecified atom stereocenters. The van der Waals surface area contributed by atoms with E-state index in [0.29, 0.717) is 0 Å². The number of hydrogen-bond donors (Lipinski definition) is 3. The Labute approximate surface area is 110 Å². The van der Waals surface area contributed by atoms with Crippen molar-refractivity contribution in [2.45, 2.75) is 26.3 Å². The first kappa shape index (κ1) is 13.1. The van der Waals surface area contributed by atoms with Gasteiger partial charge < -0.3 is 15.4 Å². The minimum atomic E-state index is -1.04. The van der Waals surface area contributed by atoms with Crippen molar-refractivity contribution in [1.82, 2.24) is 10.3 Å². The number of carbonyl (C=O) groups excluding carboxylic acids is 1. The van der Waals surface area contributed by atoms with E-state index >= 15 is 0 Å². The molecule has 5 heteroatoms. The van der Waals surface area contributed by atoms with Gasteiger partial charge in [0, 0.05) is 17.1 Å². The molecule has 2 rings (SSSR count). The van der Waals surface area contributed by atoms with Gasteiger partial charge in [-0.15, -0.1) is 0 Å². The highest BCUT2D eigenvalue weighted by Gasteiger charge is 2.15. The van der Waals surface area contributed by atoms with Crippen LogP contribution in [0.2, 0.25) is 0 Å². The van der Waals surface area contributed by atoms with Gasteiger partial charge in [0.15, 0.2) is 0 Å². The van der Waals surface area contributed by atoms with Crippen LogP contribution in [0.15, 0.2) is 24.4 Å². The van der Waals surface area contributed by atoms with E-state index in [9.17, 15) is 9.59 Å². The third-order valence-electron chi connectivity index (χ3n) is 3.11. The molecule has 0 saturated heterocycles. The van der Waals surface area contributed by atoms with Crippen molar-refractivity contribution in [3.05, 3.63) is 35.5 Å². The predicted molar refractivity (Wildman–Crippen MR) is 72.0 cm³/mol. The molecule has 5 nitrogen and oxygen atoms in total. The predicted octanol–water partition coefficient (Wildman–Crippen LogP) is 1.61. The summed E-state index contributed by atoms with van der Waals surface area (Å²) in [5.41, 5.74) is 2.99. The number of fused-ring (bicyclic) bond motifs is 1. The van der Waals surface area contributed by atoms with Crippen LogP contribution in [0.25, 0.3) is 10.9 Å². The monoisotopic (exact) mass is 260 g/mol. The number of aliphatic carboxylic acids is 1. The van der Waals surface area contributed by atoms with E-state index in [2.05, 4.69) is 10.3 Å². The van der Waals surface area contributed by atoms with E-state index in [-0.39, 0.29) is 12.3 Å². The lowest BCUT2D eigenvalue weighted by Gasteiger charge is -2.08. The Morgan fingerprint density at radius 3 is 2.84 bits per heavy atom. The molecule has 100 valence electrons. The maximum absolute atomic E-state index is 11.8. The zero-order valence-electron chi connectivity index (χ0n) is 10.9. The minimum absolute atomic E-state index is 0.168. The summed E-state index contributed by atoms with van der Waals surface area (Å²) >= 11 is 0. The van der Waals surface area contributed by atoms with Crippen LogP contribution in [0.1, 0.15) is 18.1 Å². The number of hydrogen-bond acceptors (Lipinski definition) is 2. The largest absolute Gasteiger partial charge is 0.480 e. The molecule has 1 heterocycles. The number of aromatic amines is 1.